The van der Waals surface area contributed by atoms with E-state index in [9.17, 15) is 4.39 Å². The van der Waals surface area contributed by atoms with Crippen LogP contribution in [0.1, 0.15) is 11.1 Å². The second-order valence-corrected chi connectivity index (χ2v) is 5.77. The summed E-state index contributed by atoms with van der Waals surface area (Å²) in [6.45, 7) is 1.22. The molecule has 2 rings (SSSR count). The maximum Gasteiger partial charge on any atom is 0.191 e. The van der Waals surface area contributed by atoms with Crippen molar-refractivity contribution in [1.82, 2.24) is 15.2 Å². The van der Waals surface area contributed by atoms with Crippen LogP contribution in [-0.2, 0) is 20.1 Å². The number of hydrogen-bond donors (Lipinski definition) is 2. The lowest BCUT2D eigenvalue weighted by atomic mass is 10.2. The Balaban J connectivity index is 1.92. The molecule has 0 radical (unpaired) electrons. The number of aryl methyl sites for hydroxylation is 1. The number of thioether (sulfide) groups is 1. The van der Waals surface area contributed by atoms with E-state index in [1.165, 1.54) is 11.6 Å². The molecule has 1 heterocycles. The molecule has 6 heteroatoms. The molecule has 22 heavy (non-hydrogen) atoms. The predicted molar refractivity (Wildman–Crippen MR) is 90.6 cm³/mol. The summed E-state index contributed by atoms with van der Waals surface area (Å²) >= 11 is 1.61. The number of aromatic nitrogens is 1. The van der Waals surface area contributed by atoms with Gasteiger partial charge in [0.25, 0.3) is 0 Å². The van der Waals surface area contributed by atoms with Gasteiger partial charge in [0.1, 0.15) is 5.82 Å². The zero-order valence-corrected chi connectivity index (χ0v) is 13.9. The van der Waals surface area contributed by atoms with E-state index in [1.807, 2.05) is 24.1 Å². The van der Waals surface area contributed by atoms with E-state index >= 15 is 0 Å². The maximum atomic E-state index is 13.4. The molecule has 0 aliphatic heterocycles. The minimum absolute atomic E-state index is 0.221. The third-order valence-electron chi connectivity index (χ3n) is 3.27. The second-order valence-electron chi connectivity index (χ2n) is 4.92. The van der Waals surface area contributed by atoms with Crippen molar-refractivity contribution in [2.75, 3.05) is 13.3 Å². The van der Waals surface area contributed by atoms with Crippen molar-refractivity contribution in [2.24, 2.45) is 12.0 Å². The normalized spacial score (nSPS) is 11.5. The van der Waals surface area contributed by atoms with Crippen molar-refractivity contribution >= 4 is 17.7 Å². The van der Waals surface area contributed by atoms with Gasteiger partial charge in [0, 0.05) is 44.5 Å². The van der Waals surface area contributed by atoms with Crippen molar-refractivity contribution in [3.05, 3.63) is 53.6 Å². The highest BCUT2D eigenvalue weighted by Crippen LogP contribution is 2.21. The quantitative estimate of drug-likeness (QED) is 0.506. The molecule has 2 aromatic rings. The molecule has 0 bridgehead atoms. The van der Waals surface area contributed by atoms with Crippen LogP contribution in [0.4, 0.5) is 4.39 Å². The van der Waals surface area contributed by atoms with Gasteiger partial charge >= 0.3 is 0 Å². The smallest absolute Gasteiger partial charge is 0.191 e. The van der Waals surface area contributed by atoms with Crippen LogP contribution in [0.3, 0.4) is 0 Å². The Hall–Kier alpha value is -1.95. The largest absolute Gasteiger partial charge is 0.357 e. The molecular weight excluding hydrogens is 299 g/mol. The number of guanidine groups is 1. The maximum absolute atomic E-state index is 13.4. The van der Waals surface area contributed by atoms with Gasteiger partial charge in [0.2, 0.25) is 0 Å². The molecule has 0 amide bonds. The summed E-state index contributed by atoms with van der Waals surface area (Å²) in [6, 6.07) is 6.90. The molecule has 0 unspecified atom stereocenters. The van der Waals surface area contributed by atoms with Crippen LogP contribution >= 0.6 is 11.8 Å². The van der Waals surface area contributed by atoms with E-state index in [0.717, 1.165) is 10.5 Å². The molecule has 0 atom stereocenters. The first-order valence-electron chi connectivity index (χ1n) is 7.00. The van der Waals surface area contributed by atoms with Gasteiger partial charge in [-0.3, -0.25) is 4.99 Å². The number of halogens is 1. The Labute approximate surface area is 134 Å². The van der Waals surface area contributed by atoms with Crippen molar-refractivity contribution in [3.63, 3.8) is 0 Å². The highest BCUT2D eigenvalue weighted by atomic mass is 32.2. The highest BCUT2D eigenvalue weighted by molar-refractivity contribution is 7.98. The number of hydrogen-bond acceptors (Lipinski definition) is 2. The Morgan fingerprint density at radius 1 is 1.27 bits per heavy atom. The Morgan fingerprint density at radius 2 is 2.05 bits per heavy atom. The predicted octanol–water partition coefficient (Wildman–Crippen LogP) is 2.75. The van der Waals surface area contributed by atoms with Crippen LogP contribution in [-0.4, -0.2) is 23.8 Å². The molecular formula is C16H21FN4S. The first-order chi connectivity index (χ1) is 10.6. The molecule has 0 saturated carbocycles. The first-order valence-corrected chi connectivity index (χ1v) is 8.22. The highest BCUT2D eigenvalue weighted by Gasteiger charge is 2.05. The number of nitrogens with one attached hydrogen (secondary N) is 2. The van der Waals surface area contributed by atoms with E-state index in [-0.39, 0.29) is 5.82 Å². The second kappa shape index (κ2) is 7.89. The molecule has 0 saturated heterocycles. The van der Waals surface area contributed by atoms with Crippen LogP contribution in [0.15, 0.2) is 46.5 Å². The van der Waals surface area contributed by atoms with Crippen LogP contribution in [0.2, 0.25) is 0 Å². The Bertz CT molecular complexity index is 651. The van der Waals surface area contributed by atoms with Crippen LogP contribution < -0.4 is 10.6 Å². The van der Waals surface area contributed by atoms with Gasteiger partial charge in [-0.25, -0.2) is 4.39 Å². The third-order valence-corrected chi connectivity index (χ3v) is 4.10. The van der Waals surface area contributed by atoms with Crippen molar-refractivity contribution in [3.8, 4) is 0 Å². The molecule has 2 N–H and O–H groups in total. The minimum atomic E-state index is -0.221. The lowest BCUT2D eigenvalue weighted by molar-refractivity contribution is 0.622. The molecule has 1 aromatic heterocycles. The van der Waals surface area contributed by atoms with Crippen molar-refractivity contribution < 1.29 is 4.39 Å². The number of nitrogens with zero attached hydrogens (tertiary/aromatic N) is 2. The zero-order chi connectivity index (χ0) is 15.9. The number of benzene rings is 1. The summed E-state index contributed by atoms with van der Waals surface area (Å²) in [7, 11) is 3.71. The monoisotopic (exact) mass is 320 g/mol. The Morgan fingerprint density at radius 3 is 2.68 bits per heavy atom. The van der Waals surface area contributed by atoms with Crippen LogP contribution in [0.5, 0.6) is 0 Å². The fraction of sp³-hybridized carbons (Fsp3) is 0.312. The molecule has 1 aromatic carbocycles. The summed E-state index contributed by atoms with van der Waals surface area (Å²) in [5.74, 6) is 0.474. The van der Waals surface area contributed by atoms with Gasteiger partial charge in [-0.1, -0.05) is 0 Å². The summed E-state index contributed by atoms with van der Waals surface area (Å²) in [5, 5.41) is 6.46. The van der Waals surface area contributed by atoms with Gasteiger partial charge in [-0.15, -0.1) is 11.8 Å². The molecule has 0 aliphatic carbocycles. The minimum Gasteiger partial charge on any atom is -0.357 e. The van der Waals surface area contributed by atoms with E-state index in [0.29, 0.717) is 19.0 Å². The van der Waals surface area contributed by atoms with Gasteiger partial charge in [-0.05, 0) is 41.6 Å². The fourth-order valence-electron chi connectivity index (χ4n) is 2.14. The van der Waals surface area contributed by atoms with E-state index < -0.39 is 0 Å². The lowest BCUT2D eigenvalue weighted by Gasteiger charge is -2.13. The summed E-state index contributed by atoms with van der Waals surface area (Å²) in [5.41, 5.74) is 2.11. The number of aliphatic imine (C=N–C) groups is 1. The SMILES string of the molecule is CN=C(NCc1ccn(C)c1)NCc1cc(F)ccc1SC. The summed E-state index contributed by atoms with van der Waals surface area (Å²) in [6.07, 6.45) is 6.04. The third kappa shape index (κ3) is 4.53. The standard InChI is InChI=1S/C16H21FN4S/c1-18-16(19-9-12-6-7-21(2)11-12)20-10-13-8-14(17)4-5-15(13)22-3/h4-8,11H,9-10H2,1-3H3,(H2,18,19,20). The molecule has 0 fully saturated rings. The van der Waals surface area contributed by atoms with Gasteiger partial charge < -0.3 is 15.2 Å². The molecule has 118 valence electrons. The van der Waals surface area contributed by atoms with Gasteiger partial charge in [0.05, 0.1) is 0 Å². The average Bonchev–Trinajstić information content (AvgIpc) is 2.93. The number of rotatable bonds is 5. The topological polar surface area (TPSA) is 41.4 Å². The Kier molecular flexibility index (Phi) is 5.89. The zero-order valence-electron chi connectivity index (χ0n) is 13.1. The first kappa shape index (κ1) is 16.4. The van der Waals surface area contributed by atoms with Crippen molar-refractivity contribution in [1.29, 1.82) is 0 Å². The molecule has 4 nitrogen and oxygen atoms in total. The lowest BCUT2D eigenvalue weighted by Crippen LogP contribution is -2.36. The van der Waals surface area contributed by atoms with E-state index in [1.54, 1.807) is 30.9 Å². The molecule has 0 spiro atoms. The van der Waals surface area contributed by atoms with Gasteiger partial charge in [0.15, 0.2) is 5.96 Å². The summed E-state index contributed by atoms with van der Waals surface area (Å²) < 4.78 is 15.4. The van der Waals surface area contributed by atoms with E-state index in [2.05, 4.69) is 27.9 Å². The van der Waals surface area contributed by atoms with Crippen molar-refractivity contribution in [2.45, 2.75) is 18.0 Å². The van der Waals surface area contributed by atoms with Gasteiger partial charge in [-0.2, -0.15) is 0 Å². The summed E-state index contributed by atoms with van der Waals surface area (Å²) in [4.78, 5) is 5.25. The fourth-order valence-corrected chi connectivity index (χ4v) is 2.73. The molecule has 0 aliphatic rings. The van der Waals surface area contributed by atoms with Crippen LogP contribution in [0, 0.1) is 5.82 Å². The van der Waals surface area contributed by atoms with E-state index in [4.69, 9.17) is 0 Å². The van der Waals surface area contributed by atoms with Crippen LogP contribution in [0.25, 0.3) is 0 Å². The average molecular weight is 320 g/mol.